The van der Waals surface area contributed by atoms with Crippen molar-refractivity contribution in [2.45, 2.75) is 49.9 Å². The van der Waals surface area contributed by atoms with Crippen LogP contribution in [0.3, 0.4) is 0 Å². The Morgan fingerprint density at radius 2 is 2.22 bits per heavy atom. The third-order valence-electron chi connectivity index (χ3n) is 4.33. The van der Waals surface area contributed by atoms with Crippen LogP contribution < -0.4 is 10.6 Å². The summed E-state index contributed by atoms with van der Waals surface area (Å²) in [7, 11) is 0. The molecular weight excluding hydrogens is 388 g/mol. The lowest BCUT2D eigenvalue weighted by molar-refractivity contribution is -0.151. The van der Waals surface area contributed by atoms with Crippen molar-refractivity contribution in [2.75, 3.05) is 18.8 Å². The first-order valence-corrected chi connectivity index (χ1v) is 10.7. The Morgan fingerprint density at radius 1 is 1.44 bits per heavy atom. The van der Waals surface area contributed by atoms with E-state index in [1.807, 2.05) is 27.7 Å². The number of carbonyl (C=O) groups excluding carboxylic acids is 2. The van der Waals surface area contributed by atoms with Gasteiger partial charge in [-0.3, -0.25) is 14.6 Å². The topological polar surface area (TPSA) is 128 Å². The number of nitrogens with zero attached hydrogens (tertiary/aromatic N) is 5. The number of fused-ring (bicyclic) bond motifs is 1. The van der Waals surface area contributed by atoms with Gasteiger partial charge >= 0.3 is 0 Å². The number of nitrogens with one attached hydrogen (secondary N) is 3. The SMILES string of the molecule is CCN=C(NCC)SCC(=O)NC1C(=O)N2C(c3nn[nH]n3)C(C)(C)S[C@@H]12. The van der Waals surface area contributed by atoms with Crippen LogP contribution in [0, 0.1) is 0 Å². The fourth-order valence-electron chi connectivity index (χ4n) is 3.25. The van der Waals surface area contributed by atoms with Gasteiger partial charge in [0.2, 0.25) is 11.8 Å². The van der Waals surface area contributed by atoms with Crippen LogP contribution >= 0.6 is 23.5 Å². The summed E-state index contributed by atoms with van der Waals surface area (Å²) < 4.78 is -0.273. The number of aliphatic imine (C=N–C) groups is 1. The third-order valence-corrected chi connectivity index (χ3v) is 6.86. The second kappa shape index (κ2) is 8.05. The molecule has 1 aromatic rings. The largest absolute Gasteiger partial charge is 0.365 e. The molecule has 27 heavy (non-hydrogen) atoms. The van der Waals surface area contributed by atoms with Gasteiger partial charge in [0.1, 0.15) is 17.5 Å². The first kappa shape index (κ1) is 19.9. The molecule has 2 amide bonds. The molecule has 0 saturated carbocycles. The highest BCUT2D eigenvalue weighted by Crippen LogP contribution is 2.56. The summed E-state index contributed by atoms with van der Waals surface area (Å²) in [5.74, 6) is 0.418. The average molecular weight is 413 g/mol. The van der Waals surface area contributed by atoms with E-state index < -0.39 is 6.04 Å². The van der Waals surface area contributed by atoms with Crippen molar-refractivity contribution < 1.29 is 9.59 Å². The third kappa shape index (κ3) is 3.91. The Morgan fingerprint density at radius 3 is 2.85 bits per heavy atom. The molecule has 3 N–H and O–H groups in total. The number of carbonyl (C=O) groups is 2. The van der Waals surface area contributed by atoms with E-state index in [0.29, 0.717) is 12.4 Å². The van der Waals surface area contributed by atoms with Crippen LogP contribution in [0.25, 0.3) is 0 Å². The van der Waals surface area contributed by atoms with Crippen LogP contribution in [0.2, 0.25) is 0 Å². The monoisotopic (exact) mass is 412 g/mol. The second-order valence-corrected chi connectivity index (χ2v) is 9.41. The van der Waals surface area contributed by atoms with Crippen molar-refractivity contribution in [3.05, 3.63) is 5.82 Å². The zero-order chi connectivity index (χ0) is 19.6. The minimum absolute atomic E-state index is 0.111. The number of hydrogen-bond acceptors (Lipinski definition) is 8. The Kier molecular flexibility index (Phi) is 5.94. The molecule has 148 valence electrons. The van der Waals surface area contributed by atoms with Crippen LogP contribution in [0.4, 0.5) is 0 Å². The van der Waals surface area contributed by atoms with Gasteiger partial charge in [-0.2, -0.15) is 5.21 Å². The van der Waals surface area contributed by atoms with E-state index in [9.17, 15) is 9.59 Å². The Hall–Kier alpha value is -1.82. The predicted molar refractivity (Wildman–Crippen MR) is 105 cm³/mol. The first-order valence-electron chi connectivity index (χ1n) is 8.82. The minimum Gasteiger partial charge on any atom is -0.365 e. The van der Waals surface area contributed by atoms with Gasteiger partial charge in [-0.15, -0.1) is 22.0 Å². The Labute approximate surface area is 166 Å². The van der Waals surface area contributed by atoms with Gasteiger partial charge in [-0.05, 0) is 27.7 Å². The van der Waals surface area contributed by atoms with Crippen molar-refractivity contribution >= 4 is 40.5 Å². The molecule has 0 spiro atoms. The van der Waals surface area contributed by atoms with Crippen molar-refractivity contribution in [3.63, 3.8) is 0 Å². The molecule has 3 atom stereocenters. The molecule has 2 aliphatic heterocycles. The molecule has 2 saturated heterocycles. The van der Waals surface area contributed by atoms with E-state index >= 15 is 0 Å². The van der Waals surface area contributed by atoms with Gasteiger partial charge in [-0.25, -0.2) is 0 Å². The lowest BCUT2D eigenvalue weighted by atomic mass is 9.95. The molecule has 3 heterocycles. The summed E-state index contributed by atoms with van der Waals surface area (Å²) in [5.41, 5.74) is 0. The molecule has 2 aliphatic rings. The number of H-pyrrole nitrogens is 1. The summed E-state index contributed by atoms with van der Waals surface area (Å²) in [6.45, 7) is 9.41. The molecule has 2 unspecified atom stereocenters. The molecule has 12 heteroatoms. The molecule has 0 aliphatic carbocycles. The number of thioether (sulfide) groups is 2. The zero-order valence-electron chi connectivity index (χ0n) is 15.7. The zero-order valence-corrected chi connectivity index (χ0v) is 17.4. The lowest BCUT2D eigenvalue weighted by Gasteiger charge is -2.44. The van der Waals surface area contributed by atoms with E-state index in [0.717, 1.165) is 11.7 Å². The summed E-state index contributed by atoms with van der Waals surface area (Å²) in [6.07, 6.45) is 0. The van der Waals surface area contributed by atoms with E-state index in [4.69, 9.17) is 0 Å². The maximum atomic E-state index is 12.7. The van der Waals surface area contributed by atoms with E-state index in [1.165, 1.54) is 11.8 Å². The molecular formula is C15H24N8O2S2. The van der Waals surface area contributed by atoms with Crippen molar-refractivity contribution in [1.29, 1.82) is 0 Å². The van der Waals surface area contributed by atoms with E-state index in [1.54, 1.807) is 16.7 Å². The Balaban J connectivity index is 1.60. The fourth-order valence-corrected chi connectivity index (χ4v) is 5.69. The highest BCUT2D eigenvalue weighted by Gasteiger charge is 2.63. The van der Waals surface area contributed by atoms with Gasteiger partial charge in [0.25, 0.3) is 0 Å². The summed E-state index contributed by atoms with van der Waals surface area (Å²) in [4.78, 5) is 31.1. The van der Waals surface area contributed by atoms with Gasteiger partial charge in [-0.1, -0.05) is 17.0 Å². The smallest absolute Gasteiger partial charge is 0.249 e. The molecule has 0 bridgehead atoms. The van der Waals surface area contributed by atoms with Gasteiger partial charge < -0.3 is 15.5 Å². The van der Waals surface area contributed by atoms with Gasteiger partial charge in [0, 0.05) is 17.8 Å². The minimum atomic E-state index is -0.523. The number of amidine groups is 1. The Bertz CT molecular complexity index is 723. The fraction of sp³-hybridized carbons (Fsp3) is 0.733. The first-order chi connectivity index (χ1) is 12.9. The van der Waals surface area contributed by atoms with Crippen LogP contribution in [-0.4, -0.2) is 77.5 Å². The molecule has 1 aromatic heterocycles. The predicted octanol–water partition coefficient (Wildman–Crippen LogP) is 0.138. The molecule has 10 nitrogen and oxygen atoms in total. The normalized spacial score (nSPS) is 26.5. The maximum Gasteiger partial charge on any atom is 0.249 e. The molecule has 0 radical (unpaired) electrons. The van der Waals surface area contributed by atoms with Crippen molar-refractivity contribution in [1.82, 2.24) is 36.2 Å². The lowest BCUT2D eigenvalue weighted by Crippen LogP contribution is -2.68. The van der Waals surface area contributed by atoms with Crippen LogP contribution in [-0.2, 0) is 9.59 Å². The number of β-lactam (4-membered cyclic amide) rings is 1. The maximum absolute atomic E-state index is 12.7. The number of tetrazole rings is 1. The molecule has 0 aromatic carbocycles. The van der Waals surface area contributed by atoms with Gasteiger partial charge in [0.15, 0.2) is 11.0 Å². The van der Waals surface area contributed by atoms with Crippen molar-refractivity contribution in [3.8, 4) is 0 Å². The van der Waals surface area contributed by atoms with Crippen LogP contribution in [0.1, 0.15) is 39.6 Å². The summed E-state index contributed by atoms with van der Waals surface area (Å²) >= 11 is 2.99. The number of hydrogen-bond donors (Lipinski definition) is 3. The molecule has 3 rings (SSSR count). The number of amides is 2. The quantitative estimate of drug-likeness (QED) is 0.342. The average Bonchev–Trinajstić information content (AvgIpc) is 3.22. The summed E-state index contributed by atoms with van der Waals surface area (Å²) in [6, 6.07) is -0.789. The summed E-state index contributed by atoms with van der Waals surface area (Å²) in [5, 5.41) is 20.8. The van der Waals surface area contributed by atoms with E-state index in [2.05, 4.69) is 36.3 Å². The number of aromatic amines is 1. The highest BCUT2D eigenvalue weighted by molar-refractivity contribution is 8.14. The highest BCUT2D eigenvalue weighted by atomic mass is 32.2. The molecule has 2 fully saturated rings. The van der Waals surface area contributed by atoms with Crippen LogP contribution in [0.5, 0.6) is 0 Å². The number of aromatic nitrogens is 4. The second-order valence-electron chi connectivity index (χ2n) is 6.67. The van der Waals surface area contributed by atoms with Crippen LogP contribution in [0.15, 0.2) is 4.99 Å². The standard InChI is InChI=1S/C15H24N8O2S2/c1-5-16-14(17-6-2)26-7-8(24)18-9-12(25)23-10(11-19-21-22-20-11)15(3,4)27-13(9)23/h9-10,13H,5-7H2,1-4H3,(H,16,17)(H,18,24)(H,19,20,21,22)/t9?,10?,13-/m0/s1. The van der Waals surface area contributed by atoms with Crippen molar-refractivity contribution in [2.24, 2.45) is 4.99 Å². The number of rotatable bonds is 6. The van der Waals surface area contributed by atoms with E-state index in [-0.39, 0.29) is 33.7 Å². The van der Waals surface area contributed by atoms with Gasteiger partial charge in [0.05, 0.1) is 5.75 Å².